The van der Waals surface area contributed by atoms with Gasteiger partial charge in [-0.15, -0.1) is 0 Å². The molecule has 0 spiro atoms. The Bertz CT molecular complexity index is 1230. The first kappa shape index (κ1) is 23.7. The molecule has 0 radical (unpaired) electrons. The minimum absolute atomic E-state index is 0.0252. The summed E-state index contributed by atoms with van der Waals surface area (Å²) in [7, 11) is 3.83. The largest absolute Gasteiger partial charge is 0.378 e. The van der Waals surface area contributed by atoms with Crippen LogP contribution < -0.4 is 10.6 Å². The van der Waals surface area contributed by atoms with Crippen molar-refractivity contribution in [3.63, 3.8) is 0 Å². The number of likely N-dealkylation sites (N-methyl/N-ethyl adjacent to an activating group) is 1. The summed E-state index contributed by atoms with van der Waals surface area (Å²) in [5.41, 5.74) is 2.81. The Morgan fingerprint density at radius 1 is 1.20 bits per heavy atom. The lowest BCUT2D eigenvalue weighted by atomic mass is 10.0. The molecule has 184 valence electrons. The number of ether oxygens (including phenoxy) is 1. The molecule has 1 aliphatic heterocycles. The summed E-state index contributed by atoms with van der Waals surface area (Å²) in [4.78, 5) is 19.1. The number of nitrogens with one attached hydrogen (secondary N) is 2. The number of likely N-dealkylation sites (tertiary alicyclic amines) is 1. The van der Waals surface area contributed by atoms with Gasteiger partial charge in [-0.3, -0.25) is 9.78 Å². The van der Waals surface area contributed by atoms with Crippen LogP contribution in [0, 0.1) is 5.82 Å². The fraction of sp³-hybridized carbons (Fsp3) is 0.400. The molecule has 2 atom stereocenters. The Kier molecular flexibility index (Phi) is 6.73. The van der Waals surface area contributed by atoms with E-state index in [9.17, 15) is 9.18 Å². The standard InChI is InChI=1S/C25H28ClFN6O2/c1-32-6-5-23(24(14-32)35-2)30-17-7-18(12-28-11-17)33-13-15(10-29-33)19-8-20(22(27)9-21(19)26)25(34)31-16-3-4-16/h7-13,16,23-24,30H,3-6,14H2,1-2H3,(H,31,34). The zero-order chi connectivity index (χ0) is 24.5. The Morgan fingerprint density at radius 3 is 2.80 bits per heavy atom. The molecule has 3 heterocycles. The van der Waals surface area contributed by atoms with Crippen LogP contribution in [0.15, 0.2) is 43.0 Å². The van der Waals surface area contributed by atoms with E-state index in [1.54, 1.807) is 36.6 Å². The third-order valence-electron chi connectivity index (χ3n) is 6.51. The highest BCUT2D eigenvalue weighted by Crippen LogP contribution is 2.31. The predicted molar refractivity (Wildman–Crippen MR) is 133 cm³/mol. The Morgan fingerprint density at radius 2 is 2.03 bits per heavy atom. The van der Waals surface area contributed by atoms with Gasteiger partial charge in [-0.05, 0) is 51.1 Å². The number of carbonyl (C=O) groups is 1. The molecule has 5 rings (SSSR count). The number of carbonyl (C=O) groups excluding carboxylic acids is 1. The number of hydrogen-bond donors (Lipinski definition) is 2. The molecule has 2 N–H and O–H groups in total. The molecule has 1 saturated carbocycles. The van der Waals surface area contributed by atoms with Crippen LogP contribution in [-0.4, -0.2) is 71.0 Å². The highest BCUT2D eigenvalue weighted by atomic mass is 35.5. The third-order valence-corrected chi connectivity index (χ3v) is 6.83. The highest BCUT2D eigenvalue weighted by Gasteiger charge is 2.28. The van der Waals surface area contributed by atoms with E-state index in [0.29, 0.717) is 11.1 Å². The number of piperidine rings is 1. The van der Waals surface area contributed by atoms with Gasteiger partial charge in [-0.25, -0.2) is 9.07 Å². The van der Waals surface area contributed by atoms with Crippen LogP contribution in [0.2, 0.25) is 5.02 Å². The smallest absolute Gasteiger partial charge is 0.254 e. The third kappa shape index (κ3) is 5.32. The van der Waals surface area contributed by atoms with Gasteiger partial charge in [0.05, 0.1) is 52.7 Å². The molecule has 1 aromatic carbocycles. The zero-order valence-electron chi connectivity index (χ0n) is 19.7. The maximum absolute atomic E-state index is 14.5. The van der Waals surface area contributed by atoms with Crippen LogP contribution in [0.3, 0.4) is 0 Å². The van der Waals surface area contributed by atoms with Gasteiger partial charge < -0.3 is 20.3 Å². The van der Waals surface area contributed by atoms with Crippen molar-refractivity contribution in [1.29, 1.82) is 0 Å². The number of aromatic nitrogens is 3. The fourth-order valence-electron chi connectivity index (χ4n) is 4.36. The zero-order valence-corrected chi connectivity index (χ0v) is 20.4. The number of rotatable bonds is 7. The van der Waals surface area contributed by atoms with Crippen LogP contribution in [-0.2, 0) is 4.74 Å². The van der Waals surface area contributed by atoms with Crippen molar-refractivity contribution in [1.82, 2.24) is 25.0 Å². The molecule has 2 aliphatic rings. The van der Waals surface area contributed by atoms with E-state index < -0.39 is 11.7 Å². The summed E-state index contributed by atoms with van der Waals surface area (Å²) < 4.78 is 21.8. The van der Waals surface area contributed by atoms with Crippen molar-refractivity contribution in [2.45, 2.75) is 37.5 Å². The lowest BCUT2D eigenvalue weighted by Gasteiger charge is -2.36. The molecule has 1 aliphatic carbocycles. The molecule has 2 unspecified atom stereocenters. The van der Waals surface area contributed by atoms with Gasteiger partial charge in [-0.1, -0.05) is 11.6 Å². The number of benzene rings is 1. The summed E-state index contributed by atoms with van der Waals surface area (Å²) >= 11 is 6.34. The van der Waals surface area contributed by atoms with Crippen molar-refractivity contribution in [2.75, 3.05) is 32.6 Å². The molecule has 3 aromatic rings. The number of amides is 1. The number of pyridine rings is 1. The number of anilines is 1. The van der Waals surface area contributed by atoms with Crippen molar-refractivity contribution in [3.05, 3.63) is 59.4 Å². The van der Waals surface area contributed by atoms with Gasteiger partial charge >= 0.3 is 0 Å². The quantitative estimate of drug-likeness (QED) is 0.516. The van der Waals surface area contributed by atoms with Crippen molar-refractivity contribution in [2.24, 2.45) is 0 Å². The minimum atomic E-state index is -0.643. The number of halogens is 2. The normalized spacial score (nSPS) is 20.6. The predicted octanol–water partition coefficient (Wildman–Crippen LogP) is 3.75. The first-order chi connectivity index (χ1) is 16.9. The summed E-state index contributed by atoms with van der Waals surface area (Å²) in [6, 6.07) is 4.94. The van der Waals surface area contributed by atoms with Crippen molar-refractivity contribution in [3.8, 4) is 16.8 Å². The number of methoxy groups -OCH3 is 1. The Hall–Kier alpha value is -3.01. The summed E-state index contributed by atoms with van der Waals surface area (Å²) in [6.45, 7) is 1.86. The fourth-order valence-corrected chi connectivity index (χ4v) is 4.62. The maximum Gasteiger partial charge on any atom is 0.254 e. The summed E-state index contributed by atoms with van der Waals surface area (Å²) in [5, 5.41) is 11.0. The van der Waals surface area contributed by atoms with Crippen LogP contribution in [0.5, 0.6) is 0 Å². The number of nitrogens with zero attached hydrogens (tertiary/aromatic N) is 4. The van der Waals surface area contributed by atoms with E-state index in [1.807, 2.05) is 6.07 Å². The van der Waals surface area contributed by atoms with E-state index in [1.165, 1.54) is 12.1 Å². The molecule has 2 fully saturated rings. The molecule has 1 saturated heterocycles. The lowest BCUT2D eigenvalue weighted by molar-refractivity contribution is 0.0312. The van der Waals surface area contributed by atoms with Gasteiger partial charge in [0.2, 0.25) is 0 Å². The molecule has 10 heteroatoms. The lowest BCUT2D eigenvalue weighted by Crippen LogP contribution is -2.49. The van der Waals surface area contributed by atoms with E-state index >= 15 is 0 Å². The van der Waals surface area contributed by atoms with Gasteiger partial charge in [0.15, 0.2) is 0 Å². The van der Waals surface area contributed by atoms with E-state index in [2.05, 4.69) is 32.7 Å². The number of hydrogen-bond acceptors (Lipinski definition) is 6. The van der Waals surface area contributed by atoms with E-state index in [-0.39, 0.29) is 28.8 Å². The summed E-state index contributed by atoms with van der Waals surface area (Å²) in [6.07, 6.45) is 9.81. The van der Waals surface area contributed by atoms with Gasteiger partial charge in [0.25, 0.3) is 5.91 Å². The molecule has 0 bridgehead atoms. The molecular weight excluding hydrogens is 471 g/mol. The van der Waals surface area contributed by atoms with E-state index in [0.717, 1.165) is 43.7 Å². The second-order valence-electron chi connectivity index (χ2n) is 9.24. The average molecular weight is 499 g/mol. The topological polar surface area (TPSA) is 84.3 Å². The molecule has 2 aromatic heterocycles. The van der Waals surface area contributed by atoms with Crippen LogP contribution in [0.4, 0.5) is 10.1 Å². The van der Waals surface area contributed by atoms with Crippen LogP contribution in [0.1, 0.15) is 29.6 Å². The van der Waals surface area contributed by atoms with Crippen LogP contribution in [0.25, 0.3) is 16.8 Å². The van der Waals surface area contributed by atoms with Crippen molar-refractivity contribution >= 4 is 23.2 Å². The van der Waals surface area contributed by atoms with Crippen molar-refractivity contribution < 1.29 is 13.9 Å². The van der Waals surface area contributed by atoms with Gasteiger partial charge in [-0.2, -0.15) is 5.10 Å². The monoisotopic (exact) mass is 498 g/mol. The second kappa shape index (κ2) is 9.93. The molecular formula is C25H28ClFN6O2. The average Bonchev–Trinajstić information content (AvgIpc) is 3.52. The summed E-state index contributed by atoms with van der Waals surface area (Å²) in [5.74, 6) is -1.07. The highest BCUT2D eigenvalue weighted by molar-refractivity contribution is 6.33. The Balaban J connectivity index is 1.37. The van der Waals surface area contributed by atoms with E-state index in [4.69, 9.17) is 16.3 Å². The maximum atomic E-state index is 14.5. The Labute approximate surface area is 208 Å². The molecule has 1 amide bonds. The van der Waals surface area contributed by atoms with Crippen LogP contribution >= 0.6 is 11.6 Å². The first-order valence-corrected chi connectivity index (χ1v) is 12.1. The SMILES string of the molecule is COC1CN(C)CCC1Nc1cncc(-n2cc(-c3cc(C(=O)NC4CC4)c(F)cc3Cl)cn2)c1. The van der Waals surface area contributed by atoms with Gasteiger partial charge in [0.1, 0.15) is 5.82 Å². The minimum Gasteiger partial charge on any atom is -0.378 e. The van der Waals surface area contributed by atoms with Gasteiger partial charge in [0, 0.05) is 37.0 Å². The molecule has 8 nitrogen and oxygen atoms in total. The first-order valence-electron chi connectivity index (χ1n) is 11.7. The molecule has 35 heavy (non-hydrogen) atoms. The second-order valence-corrected chi connectivity index (χ2v) is 9.65.